The van der Waals surface area contributed by atoms with Crippen molar-refractivity contribution in [1.82, 2.24) is 15.0 Å². The highest BCUT2D eigenvalue weighted by Crippen LogP contribution is 2.31. The van der Waals surface area contributed by atoms with E-state index >= 15 is 0 Å². The van der Waals surface area contributed by atoms with Crippen molar-refractivity contribution < 1.29 is 31.1 Å². The van der Waals surface area contributed by atoms with Gasteiger partial charge in [-0.1, -0.05) is 36.9 Å². The molecule has 0 saturated heterocycles. The summed E-state index contributed by atoms with van der Waals surface area (Å²) >= 11 is 0. The lowest BCUT2D eigenvalue weighted by molar-refractivity contribution is -0.154. The third kappa shape index (κ3) is 8.28. The SMILES string of the molecule is C=C/C(=C\C=C/C)CNc1nc(Nc2cccc(C(F)(F)F)c2)nc(OCC(F)(F)F)n1. The Bertz CT molecular complexity index is 985. The minimum atomic E-state index is -4.64. The summed E-state index contributed by atoms with van der Waals surface area (Å²) in [5, 5.41) is 5.31. The van der Waals surface area contributed by atoms with Crippen molar-refractivity contribution in [2.45, 2.75) is 19.3 Å². The largest absolute Gasteiger partial charge is 0.454 e. The van der Waals surface area contributed by atoms with Crippen molar-refractivity contribution in [2.75, 3.05) is 23.8 Å². The number of anilines is 3. The van der Waals surface area contributed by atoms with Gasteiger partial charge in [0.25, 0.3) is 0 Å². The first-order valence-corrected chi connectivity index (χ1v) is 9.08. The maximum Gasteiger partial charge on any atom is 0.422 e. The minimum Gasteiger partial charge on any atom is -0.454 e. The first-order valence-electron chi connectivity index (χ1n) is 9.08. The number of benzene rings is 1. The summed E-state index contributed by atoms with van der Waals surface area (Å²) in [6.07, 6.45) is -2.39. The van der Waals surface area contributed by atoms with Crippen LogP contribution in [-0.2, 0) is 6.18 Å². The first-order chi connectivity index (χ1) is 15.0. The van der Waals surface area contributed by atoms with Crippen LogP contribution < -0.4 is 15.4 Å². The van der Waals surface area contributed by atoms with Gasteiger partial charge in [0.1, 0.15) is 0 Å². The van der Waals surface area contributed by atoms with E-state index in [1.807, 2.05) is 6.92 Å². The molecule has 0 atom stereocenters. The van der Waals surface area contributed by atoms with Crippen molar-refractivity contribution >= 4 is 17.6 Å². The Morgan fingerprint density at radius 3 is 2.44 bits per heavy atom. The molecule has 2 rings (SSSR count). The third-order valence-electron chi connectivity index (χ3n) is 3.64. The second-order valence-electron chi connectivity index (χ2n) is 6.20. The zero-order valence-corrected chi connectivity index (χ0v) is 16.8. The van der Waals surface area contributed by atoms with E-state index in [0.717, 1.165) is 18.2 Å². The van der Waals surface area contributed by atoms with Crippen molar-refractivity contribution in [3.8, 4) is 6.01 Å². The highest BCUT2D eigenvalue weighted by molar-refractivity contribution is 5.56. The van der Waals surface area contributed by atoms with Crippen LogP contribution in [0.25, 0.3) is 0 Å². The fourth-order valence-corrected chi connectivity index (χ4v) is 2.20. The Hall–Kier alpha value is -3.57. The summed E-state index contributed by atoms with van der Waals surface area (Å²) in [5.74, 6) is -0.462. The molecular formula is C20H19F6N5O. The molecule has 0 aliphatic rings. The van der Waals surface area contributed by atoms with E-state index in [-0.39, 0.29) is 24.1 Å². The zero-order valence-electron chi connectivity index (χ0n) is 16.8. The molecule has 0 radical (unpaired) electrons. The molecule has 2 N–H and O–H groups in total. The summed E-state index contributed by atoms with van der Waals surface area (Å²) in [6, 6.07) is 3.50. The summed E-state index contributed by atoms with van der Waals surface area (Å²) < 4.78 is 80.9. The quantitative estimate of drug-likeness (QED) is 0.372. The molecule has 0 saturated carbocycles. The highest BCUT2D eigenvalue weighted by atomic mass is 19.4. The predicted molar refractivity (Wildman–Crippen MR) is 108 cm³/mol. The maximum absolute atomic E-state index is 12.9. The molecule has 1 aromatic heterocycles. The van der Waals surface area contributed by atoms with Crippen molar-refractivity contribution in [2.24, 2.45) is 0 Å². The molecule has 2 aromatic rings. The van der Waals surface area contributed by atoms with Gasteiger partial charge in [0.2, 0.25) is 11.9 Å². The Morgan fingerprint density at radius 2 is 1.81 bits per heavy atom. The number of alkyl halides is 6. The molecule has 1 heterocycles. The Balaban J connectivity index is 2.30. The van der Waals surface area contributed by atoms with Crippen LogP contribution in [0.2, 0.25) is 0 Å². The van der Waals surface area contributed by atoms with Gasteiger partial charge in [0.15, 0.2) is 6.61 Å². The molecule has 0 unspecified atom stereocenters. The Kier molecular flexibility index (Phi) is 8.21. The van der Waals surface area contributed by atoms with Gasteiger partial charge in [-0.3, -0.25) is 0 Å². The Morgan fingerprint density at radius 1 is 1.09 bits per heavy atom. The van der Waals surface area contributed by atoms with Crippen LogP contribution in [0.3, 0.4) is 0 Å². The zero-order chi connectivity index (χ0) is 23.8. The van der Waals surface area contributed by atoms with E-state index in [4.69, 9.17) is 0 Å². The molecule has 0 spiro atoms. The van der Waals surface area contributed by atoms with Crippen molar-refractivity contribution in [3.63, 3.8) is 0 Å². The van der Waals surface area contributed by atoms with E-state index in [2.05, 4.69) is 36.9 Å². The number of ether oxygens (including phenoxy) is 1. The second-order valence-corrected chi connectivity index (χ2v) is 6.20. The van der Waals surface area contributed by atoms with Crippen LogP contribution in [0.4, 0.5) is 43.9 Å². The number of hydrogen-bond acceptors (Lipinski definition) is 6. The average molecular weight is 459 g/mol. The Labute approximate surface area is 179 Å². The average Bonchev–Trinajstić information content (AvgIpc) is 2.71. The van der Waals surface area contributed by atoms with Gasteiger partial charge in [-0.15, -0.1) is 0 Å². The molecule has 0 fully saturated rings. The van der Waals surface area contributed by atoms with E-state index in [0.29, 0.717) is 5.57 Å². The van der Waals surface area contributed by atoms with Crippen LogP contribution in [-0.4, -0.2) is 34.3 Å². The van der Waals surface area contributed by atoms with Crippen LogP contribution >= 0.6 is 0 Å². The van der Waals surface area contributed by atoms with Crippen LogP contribution in [0, 0.1) is 0 Å². The normalized spacial score (nSPS) is 12.7. The molecule has 12 heteroatoms. The summed E-state index contributed by atoms with van der Waals surface area (Å²) in [7, 11) is 0. The van der Waals surface area contributed by atoms with Gasteiger partial charge >= 0.3 is 18.4 Å². The number of nitrogens with one attached hydrogen (secondary N) is 2. The molecule has 0 bridgehead atoms. The van der Waals surface area contributed by atoms with Crippen molar-refractivity contribution in [3.05, 3.63) is 66.3 Å². The van der Waals surface area contributed by atoms with E-state index in [1.54, 1.807) is 24.3 Å². The molecular weight excluding hydrogens is 440 g/mol. The molecule has 0 aliphatic carbocycles. The number of rotatable bonds is 9. The molecule has 0 aliphatic heterocycles. The lowest BCUT2D eigenvalue weighted by atomic mass is 10.2. The lowest BCUT2D eigenvalue weighted by Gasteiger charge is -2.13. The summed E-state index contributed by atoms with van der Waals surface area (Å²) in [5.41, 5.74) is -0.236. The van der Waals surface area contributed by atoms with Crippen LogP contribution in [0.1, 0.15) is 12.5 Å². The number of aromatic nitrogens is 3. The van der Waals surface area contributed by atoms with Crippen molar-refractivity contribution in [1.29, 1.82) is 0 Å². The fourth-order valence-electron chi connectivity index (χ4n) is 2.20. The van der Waals surface area contributed by atoms with Gasteiger partial charge in [-0.2, -0.15) is 41.3 Å². The molecule has 32 heavy (non-hydrogen) atoms. The van der Waals surface area contributed by atoms with Crippen LogP contribution in [0.5, 0.6) is 6.01 Å². The molecule has 1 aromatic carbocycles. The van der Waals surface area contributed by atoms with Gasteiger partial charge in [0, 0.05) is 12.2 Å². The number of allylic oxidation sites excluding steroid dienone is 3. The van der Waals surface area contributed by atoms with E-state index < -0.39 is 30.5 Å². The molecule has 6 nitrogen and oxygen atoms in total. The standard InChI is InChI=1S/C20H19F6N5O/c1-3-5-7-13(4-2)11-27-16-29-17(31-18(30-16)32-12-19(21,22)23)28-15-9-6-8-14(10-15)20(24,25)26/h3-10H,2,11-12H2,1H3,(H2,27,28,29,30,31)/b5-3-,13-7+. The van der Waals surface area contributed by atoms with E-state index in [9.17, 15) is 26.3 Å². The molecule has 172 valence electrons. The summed E-state index contributed by atoms with van der Waals surface area (Å²) in [6.45, 7) is 3.98. The van der Waals surface area contributed by atoms with Crippen LogP contribution in [0.15, 0.2) is 60.7 Å². The van der Waals surface area contributed by atoms with Gasteiger partial charge in [-0.25, -0.2) is 0 Å². The number of hydrogen-bond donors (Lipinski definition) is 2. The van der Waals surface area contributed by atoms with E-state index in [1.165, 1.54) is 6.07 Å². The third-order valence-corrected chi connectivity index (χ3v) is 3.64. The number of nitrogens with zero attached hydrogens (tertiary/aromatic N) is 3. The topological polar surface area (TPSA) is 72.0 Å². The predicted octanol–water partition coefficient (Wildman–Crippen LogP) is 5.68. The lowest BCUT2D eigenvalue weighted by Crippen LogP contribution is -2.21. The van der Waals surface area contributed by atoms with Gasteiger partial charge < -0.3 is 15.4 Å². The summed E-state index contributed by atoms with van der Waals surface area (Å²) in [4.78, 5) is 11.4. The minimum absolute atomic E-state index is 0.0292. The van der Waals surface area contributed by atoms with Gasteiger partial charge in [-0.05, 0) is 30.7 Å². The smallest absolute Gasteiger partial charge is 0.422 e. The highest BCUT2D eigenvalue weighted by Gasteiger charge is 2.31. The molecule has 0 amide bonds. The first kappa shape index (κ1) is 24.7. The number of halogens is 6. The fraction of sp³-hybridized carbons (Fsp3) is 0.250. The maximum atomic E-state index is 12.9. The second kappa shape index (κ2) is 10.6. The van der Waals surface area contributed by atoms with Gasteiger partial charge in [0.05, 0.1) is 5.56 Å². The monoisotopic (exact) mass is 459 g/mol.